The molecule has 1 aromatic carbocycles. The highest BCUT2D eigenvalue weighted by atomic mass is 32.2. The number of nitrogens with one attached hydrogen (secondary N) is 1. The van der Waals surface area contributed by atoms with E-state index in [0.29, 0.717) is 29.5 Å². The van der Waals surface area contributed by atoms with Gasteiger partial charge in [0.05, 0.1) is 16.6 Å². The number of hydrogen-bond donors (Lipinski definition) is 1. The fourth-order valence-corrected chi connectivity index (χ4v) is 4.74. The molecular weight excluding hydrogens is 430 g/mol. The van der Waals surface area contributed by atoms with Crippen LogP contribution in [0.15, 0.2) is 54.7 Å². The van der Waals surface area contributed by atoms with Crippen molar-refractivity contribution in [2.24, 2.45) is 0 Å². The zero-order valence-electron chi connectivity index (χ0n) is 18.9. The quantitative estimate of drug-likeness (QED) is 0.378. The van der Waals surface area contributed by atoms with Gasteiger partial charge in [0.15, 0.2) is 11.5 Å². The van der Waals surface area contributed by atoms with E-state index in [1.54, 1.807) is 10.9 Å². The summed E-state index contributed by atoms with van der Waals surface area (Å²) in [6.07, 6.45) is 3.97. The zero-order valence-corrected chi connectivity index (χ0v) is 19.7. The molecule has 1 aliphatic rings. The van der Waals surface area contributed by atoms with Gasteiger partial charge in [0, 0.05) is 35.9 Å². The average molecular weight is 458 g/mol. The van der Waals surface area contributed by atoms with E-state index in [2.05, 4.69) is 46.6 Å². The molecule has 1 saturated carbocycles. The Labute approximate surface area is 197 Å². The molecule has 0 spiro atoms. The van der Waals surface area contributed by atoms with Crippen molar-refractivity contribution in [1.29, 1.82) is 0 Å². The second-order valence-corrected chi connectivity index (χ2v) is 9.65. The molecule has 0 unspecified atom stereocenters. The van der Waals surface area contributed by atoms with Crippen LogP contribution < -0.4 is 5.32 Å². The van der Waals surface area contributed by atoms with Crippen LogP contribution in [0, 0.1) is 13.8 Å². The molecule has 0 aliphatic heterocycles. The number of amides is 1. The Balaban J connectivity index is 1.34. The van der Waals surface area contributed by atoms with E-state index < -0.39 is 0 Å². The number of rotatable bonds is 8. The summed E-state index contributed by atoms with van der Waals surface area (Å²) >= 11 is 1.82. The molecule has 5 rings (SSSR count). The lowest BCUT2D eigenvalue weighted by Crippen LogP contribution is -2.26. The van der Waals surface area contributed by atoms with Gasteiger partial charge in [-0.3, -0.25) is 4.79 Å². The van der Waals surface area contributed by atoms with E-state index in [-0.39, 0.29) is 5.91 Å². The molecule has 3 aromatic heterocycles. The predicted octanol–water partition coefficient (Wildman–Crippen LogP) is 4.97. The second kappa shape index (κ2) is 9.35. The monoisotopic (exact) mass is 457 g/mol. The number of carbonyl (C=O) groups is 1. The standard InChI is InChI=1S/C26H27N5OS/c1-17-6-8-19(9-7-17)16-33-14-13-28-26(32)21-15-22(20-10-11-20)29-25-24(21)18(2)30-31(25)23-5-3-4-12-27-23/h3-9,12,15,20H,10-11,13-14,16H2,1-2H3,(H,28,32). The molecule has 1 amide bonds. The number of carbonyl (C=O) groups excluding carboxylic acids is 1. The van der Waals surface area contributed by atoms with Gasteiger partial charge >= 0.3 is 0 Å². The number of aryl methyl sites for hydroxylation is 2. The summed E-state index contributed by atoms with van der Waals surface area (Å²) in [6.45, 7) is 4.64. The highest BCUT2D eigenvalue weighted by Gasteiger charge is 2.29. The minimum Gasteiger partial charge on any atom is -0.351 e. The van der Waals surface area contributed by atoms with Gasteiger partial charge in [0.25, 0.3) is 5.91 Å². The van der Waals surface area contributed by atoms with Crippen LogP contribution in [0.2, 0.25) is 0 Å². The Morgan fingerprint density at radius 3 is 2.70 bits per heavy atom. The van der Waals surface area contributed by atoms with Crippen molar-refractivity contribution in [1.82, 2.24) is 25.1 Å². The van der Waals surface area contributed by atoms with Crippen molar-refractivity contribution < 1.29 is 4.79 Å². The number of thioether (sulfide) groups is 1. The Morgan fingerprint density at radius 1 is 1.15 bits per heavy atom. The van der Waals surface area contributed by atoms with Gasteiger partial charge in [-0.1, -0.05) is 35.9 Å². The highest BCUT2D eigenvalue weighted by molar-refractivity contribution is 7.98. The van der Waals surface area contributed by atoms with Crippen molar-refractivity contribution in [3.05, 3.63) is 82.8 Å². The van der Waals surface area contributed by atoms with Crippen molar-refractivity contribution in [3.63, 3.8) is 0 Å². The van der Waals surface area contributed by atoms with Gasteiger partial charge < -0.3 is 5.32 Å². The maximum Gasteiger partial charge on any atom is 0.252 e. The van der Waals surface area contributed by atoms with Crippen LogP contribution in [-0.2, 0) is 5.75 Å². The van der Waals surface area contributed by atoms with Gasteiger partial charge in [0.2, 0.25) is 0 Å². The van der Waals surface area contributed by atoms with Crippen LogP contribution in [0.5, 0.6) is 0 Å². The minimum absolute atomic E-state index is 0.0658. The van der Waals surface area contributed by atoms with E-state index in [0.717, 1.165) is 41.1 Å². The van der Waals surface area contributed by atoms with Gasteiger partial charge in [-0.25, -0.2) is 9.97 Å². The van der Waals surface area contributed by atoms with E-state index in [9.17, 15) is 4.79 Å². The highest BCUT2D eigenvalue weighted by Crippen LogP contribution is 2.40. The lowest BCUT2D eigenvalue weighted by atomic mass is 10.1. The van der Waals surface area contributed by atoms with E-state index in [1.807, 2.05) is 43.0 Å². The lowest BCUT2D eigenvalue weighted by molar-refractivity contribution is 0.0957. The van der Waals surface area contributed by atoms with Crippen LogP contribution in [0.4, 0.5) is 0 Å². The molecule has 3 heterocycles. The zero-order chi connectivity index (χ0) is 22.8. The molecule has 4 aromatic rings. The smallest absolute Gasteiger partial charge is 0.252 e. The summed E-state index contributed by atoms with van der Waals surface area (Å²) in [5.74, 6) is 2.87. The number of aromatic nitrogens is 4. The molecule has 1 N–H and O–H groups in total. The SMILES string of the molecule is Cc1ccc(CSCCNC(=O)c2cc(C3CC3)nc3c2c(C)nn3-c2ccccn2)cc1. The maximum atomic E-state index is 13.2. The Kier molecular flexibility index (Phi) is 6.13. The van der Waals surface area contributed by atoms with Crippen molar-refractivity contribution >= 4 is 28.7 Å². The number of fused-ring (bicyclic) bond motifs is 1. The van der Waals surface area contributed by atoms with Crippen LogP contribution >= 0.6 is 11.8 Å². The molecule has 0 bridgehead atoms. The number of benzene rings is 1. The number of hydrogen-bond acceptors (Lipinski definition) is 5. The molecule has 7 heteroatoms. The van der Waals surface area contributed by atoms with Gasteiger partial charge in [0.1, 0.15) is 0 Å². The summed E-state index contributed by atoms with van der Waals surface area (Å²) in [6, 6.07) is 16.3. The molecule has 6 nitrogen and oxygen atoms in total. The summed E-state index contributed by atoms with van der Waals surface area (Å²) in [4.78, 5) is 22.6. The normalized spacial score (nSPS) is 13.4. The third-order valence-corrected chi connectivity index (χ3v) is 6.89. The average Bonchev–Trinajstić information content (AvgIpc) is 3.63. The lowest BCUT2D eigenvalue weighted by Gasteiger charge is -2.09. The van der Waals surface area contributed by atoms with Gasteiger partial charge in [-0.2, -0.15) is 21.5 Å². The molecule has 0 saturated heterocycles. The molecule has 1 aliphatic carbocycles. The fraction of sp³-hybridized carbons (Fsp3) is 0.308. The molecule has 33 heavy (non-hydrogen) atoms. The van der Waals surface area contributed by atoms with Crippen LogP contribution in [-0.4, -0.2) is 38.0 Å². The Bertz CT molecular complexity index is 1280. The van der Waals surface area contributed by atoms with Crippen molar-refractivity contribution in [2.75, 3.05) is 12.3 Å². The second-order valence-electron chi connectivity index (χ2n) is 8.55. The first-order chi connectivity index (χ1) is 16.1. The maximum absolute atomic E-state index is 13.2. The summed E-state index contributed by atoms with van der Waals surface area (Å²) in [5.41, 5.74) is 5.69. The van der Waals surface area contributed by atoms with Crippen molar-refractivity contribution in [2.45, 2.75) is 38.4 Å². The minimum atomic E-state index is -0.0658. The summed E-state index contributed by atoms with van der Waals surface area (Å²) < 4.78 is 1.75. The van der Waals surface area contributed by atoms with Gasteiger partial charge in [-0.05, 0) is 50.5 Å². The predicted molar refractivity (Wildman–Crippen MR) is 133 cm³/mol. The molecule has 0 radical (unpaired) electrons. The summed E-state index contributed by atoms with van der Waals surface area (Å²) in [5, 5.41) is 8.59. The first kappa shape index (κ1) is 21.6. The largest absolute Gasteiger partial charge is 0.351 e. The summed E-state index contributed by atoms with van der Waals surface area (Å²) in [7, 11) is 0. The van der Waals surface area contributed by atoms with Crippen LogP contribution in [0.1, 0.15) is 51.6 Å². The van der Waals surface area contributed by atoms with Crippen LogP contribution in [0.25, 0.3) is 16.9 Å². The molecule has 0 atom stereocenters. The molecule has 168 valence electrons. The molecular formula is C26H27N5OS. The Morgan fingerprint density at radius 2 is 1.97 bits per heavy atom. The first-order valence-electron chi connectivity index (χ1n) is 11.3. The van der Waals surface area contributed by atoms with E-state index in [1.165, 1.54) is 11.1 Å². The van der Waals surface area contributed by atoms with Crippen LogP contribution in [0.3, 0.4) is 0 Å². The molecule has 1 fully saturated rings. The van der Waals surface area contributed by atoms with E-state index >= 15 is 0 Å². The fourth-order valence-electron chi connectivity index (χ4n) is 3.92. The first-order valence-corrected chi connectivity index (χ1v) is 12.5. The topological polar surface area (TPSA) is 72.7 Å². The third-order valence-electron chi connectivity index (χ3n) is 5.86. The van der Waals surface area contributed by atoms with Gasteiger partial charge in [-0.15, -0.1) is 0 Å². The van der Waals surface area contributed by atoms with E-state index in [4.69, 9.17) is 4.98 Å². The Hall–Kier alpha value is -3.19. The number of pyridine rings is 2. The third kappa shape index (κ3) is 4.78. The van der Waals surface area contributed by atoms with Crippen molar-refractivity contribution in [3.8, 4) is 5.82 Å². The number of nitrogens with zero attached hydrogens (tertiary/aromatic N) is 4.